The van der Waals surface area contributed by atoms with Crippen LogP contribution >= 0.6 is 0 Å². The van der Waals surface area contributed by atoms with Gasteiger partial charge in [-0.3, -0.25) is 4.72 Å². The fourth-order valence-corrected chi connectivity index (χ4v) is 5.70. The molecule has 1 aliphatic rings. The van der Waals surface area contributed by atoms with Crippen LogP contribution < -0.4 is 9.46 Å². The largest absolute Gasteiger partial charge is 0.497 e. The molecule has 1 N–H and O–H groups in total. The summed E-state index contributed by atoms with van der Waals surface area (Å²) in [6.07, 6.45) is 1.22. The van der Waals surface area contributed by atoms with Gasteiger partial charge < -0.3 is 4.74 Å². The highest BCUT2D eigenvalue weighted by molar-refractivity contribution is 7.92. The van der Waals surface area contributed by atoms with Gasteiger partial charge in [0.15, 0.2) is 0 Å². The van der Waals surface area contributed by atoms with Gasteiger partial charge in [0.1, 0.15) is 11.6 Å². The number of hydrogen-bond acceptors (Lipinski definition) is 6. The van der Waals surface area contributed by atoms with E-state index in [4.69, 9.17) is 4.74 Å². The van der Waals surface area contributed by atoms with Crippen molar-refractivity contribution >= 4 is 31.4 Å². The van der Waals surface area contributed by atoms with Crippen LogP contribution in [0.25, 0.3) is 0 Å². The van der Waals surface area contributed by atoms with Crippen LogP contribution in [-0.4, -0.2) is 40.3 Å². The fraction of sp³-hybridized carbons (Fsp3) is 0.174. The van der Waals surface area contributed by atoms with Crippen molar-refractivity contribution < 1.29 is 26.0 Å². The minimum atomic E-state index is -4.15. The summed E-state index contributed by atoms with van der Waals surface area (Å²) in [5, 5.41) is 4.42. The van der Waals surface area contributed by atoms with E-state index >= 15 is 0 Å². The molecular formula is C23H22FN3O5S2. The monoisotopic (exact) mass is 503 g/mol. The normalized spacial score (nSPS) is 16.3. The number of rotatable bonds is 7. The third kappa shape index (κ3) is 4.90. The van der Waals surface area contributed by atoms with Crippen molar-refractivity contribution in [3.63, 3.8) is 0 Å². The standard InChI is InChI=1S/C23H22FN3O5S2/c1-32-18-11-7-16(8-12-18)23-15-22(20-5-3-4-6-21(20)26-33(2,28)29)25-27(23)34(30,31)19-13-9-17(24)10-14-19/h3-14,23,26H,15H2,1-2H3. The van der Waals surface area contributed by atoms with E-state index in [-0.39, 0.29) is 11.3 Å². The predicted molar refractivity (Wildman–Crippen MR) is 127 cm³/mol. The number of anilines is 1. The Morgan fingerprint density at radius 2 is 1.62 bits per heavy atom. The lowest BCUT2D eigenvalue weighted by Crippen LogP contribution is -2.27. The highest BCUT2D eigenvalue weighted by Crippen LogP contribution is 2.38. The number of methoxy groups -OCH3 is 1. The quantitative estimate of drug-likeness (QED) is 0.529. The van der Waals surface area contributed by atoms with Gasteiger partial charge in [-0.2, -0.15) is 17.9 Å². The maximum absolute atomic E-state index is 13.5. The zero-order chi connectivity index (χ0) is 24.5. The molecule has 1 heterocycles. The van der Waals surface area contributed by atoms with Gasteiger partial charge in [-0.1, -0.05) is 30.3 Å². The second-order valence-electron chi connectivity index (χ2n) is 7.69. The van der Waals surface area contributed by atoms with Crippen LogP contribution in [-0.2, 0) is 20.0 Å². The Labute approximate surface area is 197 Å². The van der Waals surface area contributed by atoms with E-state index in [1.807, 2.05) is 0 Å². The minimum absolute atomic E-state index is 0.111. The van der Waals surface area contributed by atoms with Crippen LogP contribution in [0.1, 0.15) is 23.6 Å². The van der Waals surface area contributed by atoms with E-state index in [0.29, 0.717) is 28.3 Å². The Kier molecular flexibility index (Phi) is 6.32. The van der Waals surface area contributed by atoms with Gasteiger partial charge in [0.05, 0.1) is 35.7 Å². The summed E-state index contributed by atoms with van der Waals surface area (Å²) in [6, 6.07) is 17.4. The molecule has 178 valence electrons. The molecule has 1 unspecified atom stereocenters. The average molecular weight is 504 g/mol. The predicted octanol–water partition coefficient (Wildman–Crippen LogP) is 3.75. The van der Waals surface area contributed by atoms with E-state index < -0.39 is 31.9 Å². The zero-order valence-electron chi connectivity index (χ0n) is 18.3. The van der Waals surface area contributed by atoms with Crippen molar-refractivity contribution in [1.29, 1.82) is 0 Å². The summed E-state index contributed by atoms with van der Waals surface area (Å²) in [5.41, 5.74) is 1.80. The molecule has 0 saturated heterocycles. The summed E-state index contributed by atoms with van der Waals surface area (Å²) < 4.78 is 72.8. The first-order chi connectivity index (χ1) is 16.1. The maximum atomic E-state index is 13.5. The van der Waals surface area contributed by atoms with E-state index in [0.717, 1.165) is 22.8 Å². The minimum Gasteiger partial charge on any atom is -0.497 e. The number of hydrogen-bond donors (Lipinski definition) is 1. The molecular weight excluding hydrogens is 481 g/mol. The zero-order valence-corrected chi connectivity index (χ0v) is 20.0. The smallest absolute Gasteiger partial charge is 0.279 e. The molecule has 0 fully saturated rings. The molecule has 0 aliphatic carbocycles. The molecule has 34 heavy (non-hydrogen) atoms. The van der Waals surface area contributed by atoms with Crippen molar-refractivity contribution in [3.8, 4) is 5.75 Å². The van der Waals surface area contributed by atoms with E-state index in [9.17, 15) is 21.2 Å². The first-order valence-corrected chi connectivity index (χ1v) is 13.5. The van der Waals surface area contributed by atoms with Gasteiger partial charge in [0, 0.05) is 12.0 Å². The number of benzene rings is 3. The SMILES string of the molecule is COc1ccc(C2CC(c3ccccc3NS(C)(=O)=O)=NN2S(=O)(=O)c2ccc(F)cc2)cc1. The van der Waals surface area contributed by atoms with Crippen LogP contribution in [0, 0.1) is 5.82 Å². The molecule has 1 aliphatic heterocycles. The molecule has 0 amide bonds. The van der Waals surface area contributed by atoms with Gasteiger partial charge in [0.2, 0.25) is 10.0 Å². The number of nitrogens with one attached hydrogen (secondary N) is 1. The summed E-state index contributed by atoms with van der Waals surface area (Å²) in [6.45, 7) is 0. The lowest BCUT2D eigenvalue weighted by molar-refractivity contribution is 0.370. The molecule has 4 rings (SSSR count). The summed E-state index contributed by atoms with van der Waals surface area (Å²) in [7, 11) is -6.20. The number of para-hydroxylation sites is 1. The Morgan fingerprint density at radius 1 is 0.971 bits per heavy atom. The van der Waals surface area contributed by atoms with E-state index in [1.165, 1.54) is 19.2 Å². The Hall–Kier alpha value is -3.44. The molecule has 3 aromatic rings. The average Bonchev–Trinajstić information content (AvgIpc) is 3.25. The van der Waals surface area contributed by atoms with Crippen LogP contribution in [0.2, 0.25) is 0 Å². The second kappa shape index (κ2) is 9.07. The molecule has 0 saturated carbocycles. The molecule has 0 radical (unpaired) electrons. The van der Waals surface area contributed by atoms with Crippen molar-refractivity contribution in [2.45, 2.75) is 17.4 Å². The third-order valence-corrected chi connectivity index (χ3v) is 7.55. The third-order valence-electron chi connectivity index (χ3n) is 5.26. The lowest BCUT2D eigenvalue weighted by Gasteiger charge is -2.23. The Morgan fingerprint density at radius 3 is 2.24 bits per heavy atom. The van der Waals surface area contributed by atoms with Crippen molar-refractivity contribution in [2.75, 3.05) is 18.1 Å². The first kappa shape index (κ1) is 23.7. The van der Waals surface area contributed by atoms with Crippen LogP contribution in [0.15, 0.2) is 82.8 Å². The molecule has 0 aromatic heterocycles. The van der Waals surface area contributed by atoms with Gasteiger partial charge in [0.25, 0.3) is 10.0 Å². The molecule has 0 spiro atoms. The number of sulfonamides is 2. The van der Waals surface area contributed by atoms with Crippen LogP contribution in [0.5, 0.6) is 5.75 Å². The van der Waals surface area contributed by atoms with Crippen molar-refractivity contribution in [1.82, 2.24) is 4.41 Å². The van der Waals surface area contributed by atoms with E-state index in [2.05, 4.69) is 9.82 Å². The summed E-state index contributed by atoms with van der Waals surface area (Å²) in [4.78, 5) is -0.111. The second-order valence-corrected chi connectivity index (χ2v) is 11.2. The van der Waals surface area contributed by atoms with Gasteiger partial charge in [-0.15, -0.1) is 0 Å². The summed E-state index contributed by atoms with van der Waals surface area (Å²) >= 11 is 0. The van der Waals surface area contributed by atoms with Gasteiger partial charge >= 0.3 is 0 Å². The van der Waals surface area contributed by atoms with Crippen LogP contribution in [0.3, 0.4) is 0 Å². The van der Waals surface area contributed by atoms with Gasteiger partial charge in [-0.05, 0) is 48.0 Å². The van der Waals surface area contributed by atoms with E-state index in [1.54, 1.807) is 48.5 Å². The van der Waals surface area contributed by atoms with Crippen molar-refractivity contribution in [3.05, 3.63) is 89.7 Å². The summed E-state index contributed by atoms with van der Waals surface area (Å²) in [5.74, 6) is 0.0515. The molecule has 3 aromatic carbocycles. The molecule has 0 bridgehead atoms. The van der Waals surface area contributed by atoms with Crippen LogP contribution in [0.4, 0.5) is 10.1 Å². The Balaban J connectivity index is 1.82. The highest BCUT2D eigenvalue weighted by atomic mass is 32.2. The number of ether oxygens (including phenoxy) is 1. The van der Waals surface area contributed by atoms with Crippen molar-refractivity contribution in [2.24, 2.45) is 5.10 Å². The number of hydrazone groups is 1. The highest BCUT2D eigenvalue weighted by Gasteiger charge is 2.38. The first-order valence-electron chi connectivity index (χ1n) is 10.2. The molecule has 1 atom stereocenters. The topological polar surface area (TPSA) is 105 Å². The number of nitrogens with zero attached hydrogens (tertiary/aromatic N) is 2. The lowest BCUT2D eigenvalue weighted by atomic mass is 9.98. The number of halogens is 1. The molecule has 11 heteroatoms. The Bertz CT molecular complexity index is 1440. The fourth-order valence-electron chi connectivity index (χ4n) is 3.69. The molecule has 8 nitrogen and oxygen atoms in total. The van der Waals surface area contributed by atoms with Gasteiger partial charge in [-0.25, -0.2) is 12.8 Å². The maximum Gasteiger partial charge on any atom is 0.279 e.